The van der Waals surface area contributed by atoms with Crippen LogP contribution in [0.15, 0.2) is 24.1 Å². The second kappa shape index (κ2) is 8.73. The third kappa shape index (κ3) is 5.35. The highest BCUT2D eigenvalue weighted by Gasteiger charge is 2.25. The third-order valence-electron chi connectivity index (χ3n) is 3.89. The molecule has 1 aliphatic rings. The van der Waals surface area contributed by atoms with E-state index in [0.717, 1.165) is 5.41 Å². The number of halogens is 2. The Balaban J connectivity index is 1.89. The number of ether oxygens (including phenoxy) is 1. The van der Waals surface area contributed by atoms with Crippen molar-refractivity contribution in [2.45, 2.75) is 18.9 Å². The maximum atomic E-state index is 12.3. The Bertz CT molecular complexity index is 844. The monoisotopic (exact) mass is 417 g/mol. The minimum absolute atomic E-state index is 0.203. The Kier molecular flexibility index (Phi) is 6.89. The van der Waals surface area contributed by atoms with Crippen molar-refractivity contribution >= 4 is 39.1 Å². The predicted octanol–water partition coefficient (Wildman–Crippen LogP) is 2.30. The lowest BCUT2D eigenvalue weighted by Gasteiger charge is -2.32. The van der Waals surface area contributed by atoms with Crippen LogP contribution in [0.25, 0.3) is 0 Å². The van der Waals surface area contributed by atoms with E-state index >= 15 is 0 Å². The van der Waals surface area contributed by atoms with Gasteiger partial charge in [0.15, 0.2) is 6.61 Å². The van der Waals surface area contributed by atoms with Crippen LogP contribution >= 0.6 is 23.2 Å². The van der Waals surface area contributed by atoms with Crippen molar-refractivity contribution in [2.75, 3.05) is 19.7 Å². The molecule has 0 saturated carbocycles. The first-order chi connectivity index (χ1) is 12.3. The number of hydrogen-bond acceptors (Lipinski definition) is 5. The predicted molar refractivity (Wildman–Crippen MR) is 98.5 cm³/mol. The van der Waals surface area contributed by atoms with Gasteiger partial charge in [0, 0.05) is 30.6 Å². The number of nitrogens with zero attached hydrogens (tertiary/aromatic N) is 2. The fourth-order valence-corrected chi connectivity index (χ4v) is 3.76. The molecule has 1 fully saturated rings. The molecule has 2 rings (SSSR count). The highest BCUT2D eigenvalue weighted by Crippen LogP contribution is 2.30. The number of benzene rings is 1. The summed E-state index contributed by atoms with van der Waals surface area (Å²) in [4.78, 5) is 13.9. The van der Waals surface area contributed by atoms with E-state index in [4.69, 9.17) is 33.2 Å². The molecule has 140 valence electrons. The van der Waals surface area contributed by atoms with Gasteiger partial charge in [-0.1, -0.05) is 29.8 Å². The average Bonchev–Trinajstić information content (AvgIpc) is 2.61. The first-order valence-corrected chi connectivity index (χ1v) is 10.0. The molecule has 0 aromatic heterocycles. The van der Waals surface area contributed by atoms with Gasteiger partial charge in [-0.05, 0) is 18.9 Å². The zero-order chi connectivity index (χ0) is 19.3. The molecule has 1 aliphatic heterocycles. The van der Waals surface area contributed by atoms with Crippen LogP contribution in [0.1, 0.15) is 18.4 Å². The lowest BCUT2D eigenvalue weighted by molar-refractivity contribution is -0.134. The van der Waals surface area contributed by atoms with E-state index in [9.17, 15) is 13.2 Å². The van der Waals surface area contributed by atoms with Crippen molar-refractivity contribution in [3.63, 3.8) is 0 Å². The molecule has 1 amide bonds. The molecule has 0 unspecified atom stereocenters. The maximum absolute atomic E-state index is 12.3. The van der Waals surface area contributed by atoms with Crippen LogP contribution < -0.4 is 9.46 Å². The van der Waals surface area contributed by atoms with Gasteiger partial charge in [-0.2, -0.15) is 5.26 Å². The van der Waals surface area contributed by atoms with Crippen LogP contribution in [-0.2, 0) is 14.8 Å². The van der Waals surface area contributed by atoms with Crippen molar-refractivity contribution in [1.82, 2.24) is 9.62 Å². The Labute approximate surface area is 162 Å². The van der Waals surface area contributed by atoms with E-state index in [-0.39, 0.29) is 39.9 Å². The summed E-state index contributed by atoms with van der Waals surface area (Å²) in [6.45, 7) is 3.82. The fourth-order valence-electron chi connectivity index (χ4n) is 2.48. The van der Waals surface area contributed by atoms with Crippen molar-refractivity contribution in [3.05, 3.63) is 39.7 Å². The number of hydrogen-bond donors (Lipinski definition) is 1. The molecular weight excluding hydrogens is 401 g/mol. The summed E-state index contributed by atoms with van der Waals surface area (Å²) in [7, 11) is -3.48. The van der Waals surface area contributed by atoms with Gasteiger partial charge in [-0.3, -0.25) is 4.79 Å². The molecule has 0 radical (unpaired) electrons. The van der Waals surface area contributed by atoms with Crippen LogP contribution in [0.2, 0.25) is 10.0 Å². The van der Waals surface area contributed by atoms with Crippen LogP contribution in [0.3, 0.4) is 0 Å². The largest absolute Gasteiger partial charge is 0.482 e. The van der Waals surface area contributed by atoms with E-state index in [1.54, 1.807) is 4.90 Å². The second-order valence-corrected chi connectivity index (χ2v) is 8.12. The summed E-state index contributed by atoms with van der Waals surface area (Å²) in [6.07, 6.45) is 0.998. The molecule has 1 heterocycles. The number of likely N-dealkylation sites (tertiary alicyclic amines) is 1. The average molecular weight is 418 g/mol. The molecule has 0 bridgehead atoms. The van der Waals surface area contributed by atoms with Gasteiger partial charge in [0.1, 0.15) is 11.8 Å². The summed E-state index contributed by atoms with van der Waals surface area (Å²) in [5, 5.41) is 10.3. The number of nitriles is 1. The zero-order valence-electron chi connectivity index (χ0n) is 13.7. The highest BCUT2D eigenvalue weighted by molar-refractivity contribution is 7.92. The van der Waals surface area contributed by atoms with Crippen LogP contribution in [0.5, 0.6) is 5.75 Å². The Morgan fingerprint density at radius 3 is 2.62 bits per heavy atom. The minimum Gasteiger partial charge on any atom is -0.482 e. The second-order valence-electron chi connectivity index (χ2n) is 5.65. The normalized spacial score (nSPS) is 15.3. The molecule has 26 heavy (non-hydrogen) atoms. The summed E-state index contributed by atoms with van der Waals surface area (Å²) < 4.78 is 30.9. The number of rotatable bonds is 6. The van der Waals surface area contributed by atoms with Gasteiger partial charge >= 0.3 is 0 Å². The molecule has 1 N–H and O–H groups in total. The summed E-state index contributed by atoms with van der Waals surface area (Å²) in [5.41, 5.74) is 0.203. The van der Waals surface area contributed by atoms with Crippen LogP contribution in [0, 0.1) is 11.3 Å². The molecule has 7 nitrogen and oxygen atoms in total. The maximum Gasteiger partial charge on any atom is 0.260 e. The van der Waals surface area contributed by atoms with Crippen LogP contribution in [-0.4, -0.2) is 45.0 Å². The minimum atomic E-state index is -3.48. The van der Waals surface area contributed by atoms with Gasteiger partial charge in [0.25, 0.3) is 5.91 Å². The van der Waals surface area contributed by atoms with Crippen molar-refractivity contribution < 1.29 is 17.9 Å². The van der Waals surface area contributed by atoms with E-state index < -0.39 is 10.0 Å². The van der Waals surface area contributed by atoms with Gasteiger partial charge in [-0.25, -0.2) is 13.1 Å². The topological polar surface area (TPSA) is 99.5 Å². The Morgan fingerprint density at radius 2 is 2.04 bits per heavy atom. The van der Waals surface area contributed by atoms with E-state index in [0.29, 0.717) is 25.9 Å². The van der Waals surface area contributed by atoms with Gasteiger partial charge in [0.05, 0.1) is 15.6 Å². The number of piperidine rings is 1. The molecule has 1 saturated heterocycles. The quantitative estimate of drug-likeness (QED) is 0.764. The molecule has 0 spiro atoms. The molecule has 10 heteroatoms. The third-order valence-corrected chi connectivity index (χ3v) is 5.60. The van der Waals surface area contributed by atoms with Crippen molar-refractivity contribution in [2.24, 2.45) is 0 Å². The number of amides is 1. The van der Waals surface area contributed by atoms with Gasteiger partial charge in [-0.15, -0.1) is 0 Å². The van der Waals surface area contributed by atoms with Crippen molar-refractivity contribution in [1.29, 1.82) is 5.26 Å². The standard InChI is InChI=1S/C16H17Cl2N3O4S/c1-2-26(23,24)20-12-3-5-21(6-4-12)16(22)10-25-15-7-11(9-19)13(17)8-14(15)18/h2,7-8,12,20H,1,3-6,10H2. The first kappa shape index (κ1) is 20.5. The summed E-state index contributed by atoms with van der Waals surface area (Å²) in [6, 6.07) is 4.45. The lowest BCUT2D eigenvalue weighted by Crippen LogP contribution is -2.47. The number of sulfonamides is 1. The number of carbonyl (C=O) groups excluding carboxylic acids is 1. The van der Waals surface area contributed by atoms with Crippen molar-refractivity contribution in [3.8, 4) is 11.8 Å². The van der Waals surface area contributed by atoms with E-state index in [1.807, 2.05) is 6.07 Å². The van der Waals surface area contributed by atoms with E-state index in [1.165, 1.54) is 12.1 Å². The SMILES string of the molecule is C=CS(=O)(=O)NC1CCN(C(=O)COc2cc(C#N)c(Cl)cc2Cl)CC1. The van der Waals surface area contributed by atoms with E-state index in [2.05, 4.69) is 11.3 Å². The number of nitrogens with one attached hydrogen (secondary N) is 1. The van der Waals surface area contributed by atoms with Crippen LogP contribution in [0.4, 0.5) is 0 Å². The lowest BCUT2D eigenvalue weighted by atomic mass is 10.1. The first-order valence-electron chi connectivity index (χ1n) is 7.70. The summed E-state index contributed by atoms with van der Waals surface area (Å²) in [5.74, 6) is -0.0471. The molecule has 1 aromatic rings. The molecular formula is C16H17Cl2N3O4S. The summed E-state index contributed by atoms with van der Waals surface area (Å²) >= 11 is 11.9. The fraction of sp³-hybridized carbons (Fsp3) is 0.375. The molecule has 0 aliphatic carbocycles. The molecule has 0 atom stereocenters. The Morgan fingerprint density at radius 1 is 1.38 bits per heavy atom. The zero-order valence-corrected chi connectivity index (χ0v) is 16.1. The number of carbonyl (C=O) groups is 1. The van der Waals surface area contributed by atoms with Gasteiger partial charge in [0.2, 0.25) is 10.0 Å². The highest BCUT2D eigenvalue weighted by atomic mass is 35.5. The molecule has 1 aromatic carbocycles. The Hall–Kier alpha value is -1.79. The smallest absolute Gasteiger partial charge is 0.260 e. The van der Waals surface area contributed by atoms with Gasteiger partial charge < -0.3 is 9.64 Å².